The van der Waals surface area contributed by atoms with Gasteiger partial charge in [-0.1, -0.05) is 19.3 Å². The molecule has 1 unspecified atom stereocenters. The summed E-state index contributed by atoms with van der Waals surface area (Å²) in [5, 5.41) is 3.89. The average molecular weight is 307 g/mol. The smallest absolute Gasteiger partial charge is 0.353 e. The Morgan fingerprint density at radius 1 is 1.14 bits per heavy atom. The van der Waals surface area contributed by atoms with Crippen molar-refractivity contribution in [2.45, 2.75) is 57.4 Å². The molecule has 1 aliphatic heterocycles. The van der Waals surface area contributed by atoms with E-state index in [0.29, 0.717) is 11.8 Å². The third-order valence-electron chi connectivity index (χ3n) is 4.39. The third-order valence-corrected chi connectivity index (χ3v) is 5.47. The molecule has 3 rings (SSSR count). The summed E-state index contributed by atoms with van der Waals surface area (Å²) < 4.78 is 0. The van der Waals surface area contributed by atoms with Crippen molar-refractivity contribution in [2.24, 2.45) is 15.9 Å². The highest BCUT2D eigenvalue weighted by Gasteiger charge is 2.32. The van der Waals surface area contributed by atoms with Crippen LogP contribution in [0.4, 0.5) is 4.79 Å². The highest BCUT2D eigenvalue weighted by molar-refractivity contribution is 8.14. The maximum Gasteiger partial charge on any atom is 0.367 e. The first kappa shape index (κ1) is 14.8. The first-order valence-electron chi connectivity index (χ1n) is 7.84. The number of urea groups is 1. The number of amides is 3. The molecule has 0 radical (unpaired) electrons. The van der Waals surface area contributed by atoms with Gasteiger partial charge in [0.15, 0.2) is 0 Å². The second-order valence-electron chi connectivity index (χ2n) is 5.97. The predicted molar refractivity (Wildman–Crippen MR) is 85.1 cm³/mol. The van der Waals surface area contributed by atoms with Gasteiger partial charge in [0.1, 0.15) is 0 Å². The number of hydrogen-bond donors (Lipinski definition) is 1. The highest BCUT2D eigenvalue weighted by Crippen LogP contribution is 2.31. The van der Waals surface area contributed by atoms with E-state index < -0.39 is 6.03 Å². The quantitative estimate of drug-likeness (QED) is 0.871. The van der Waals surface area contributed by atoms with Gasteiger partial charge in [-0.3, -0.25) is 4.79 Å². The predicted octanol–water partition coefficient (Wildman–Crippen LogP) is 2.94. The van der Waals surface area contributed by atoms with Crippen LogP contribution in [0.3, 0.4) is 0 Å². The second-order valence-corrected chi connectivity index (χ2v) is 6.97. The number of fused-ring (bicyclic) bond motifs is 1. The molecule has 2 aliphatic carbocycles. The second kappa shape index (κ2) is 6.73. The number of hydrogen-bond acceptors (Lipinski definition) is 3. The Morgan fingerprint density at radius 3 is 2.76 bits per heavy atom. The van der Waals surface area contributed by atoms with Gasteiger partial charge in [-0.15, -0.1) is 11.8 Å². The summed E-state index contributed by atoms with van der Waals surface area (Å²) in [6.45, 7) is 0. The lowest BCUT2D eigenvalue weighted by molar-refractivity contribution is -0.119. The SMILES string of the molecule is O=C1N=C2CCCC2C(SCC(=O)NC2CCCCC2)=N1. The molecule has 0 spiro atoms. The number of nitrogens with one attached hydrogen (secondary N) is 1. The van der Waals surface area contributed by atoms with E-state index in [2.05, 4.69) is 15.3 Å². The van der Waals surface area contributed by atoms with Crippen molar-refractivity contribution < 1.29 is 9.59 Å². The lowest BCUT2D eigenvalue weighted by Gasteiger charge is -2.23. The van der Waals surface area contributed by atoms with Gasteiger partial charge in [0.05, 0.1) is 10.8 Å². The minimum atomic E-state index is -0.404. The number of rotatable bonds is 3. The van der Waals surface area contributed by atoms with Gasteiger partial charge in [0, 0.05) is 17.7 Å². The minimum Gasteiger partial charge on any atom is -0.353 e. The Labute approximate surface area is 129 Å². The van der Waals surface area contributed by atoms with Crippen LogP contribution in [0.15, 0.2) is 9.98 Å². The molecule has 3 amide bonds. The van der Waals surface area contributed by atoms with Crippen LogP contribution in [0.5, 0.6) is 0 Å². The topological polar surface area (TPSA) is 70.9 Å². The first-order valence-corrected chi connectivity index (χ1v) is 8.83. The van der Waals surface area contributed by atoms with E-state index in [0.717, 1.165) is 42.9 Å². The summed E-state index contributed by atoms with van der Waals surface area (Å²) in [5.41, 5.74) is 0.963. The van der Waals surface area contributed by atoms with Gasteiger partial charge in [-0.2, -0.15) is 4.99 Å². The summed E-state index contributed by atoms with van der Waals surface area (Å²) in [7, 11) is 0. The number of nitrogens with zero attached hydrogens (tertiary/aromatic N) is 2. The number of thioether (sulfide) groups is 1. The van der Waals surface area contributed by atoms with Gasteiger partial charge in [0.2, 0.25) is 5.91 Å². The van der Waals surface area contributed by atoms with Crippen LogP contribution in [0.2, 0.25) is 0 Å². The maximum absolute atomic E-state index is 12.0. The number of carbonyl (C=O) groups excluding carboxylic acids is 2. The molecule has 1 heterocycles. The zero-order valence-corrected chi connectivity index (χ0v) is 13.0. The van der Waals surface area contributed by atoms with E-state index in [1.54, 1.807) is 0 Å². The lowest BCUT2D eigenvalue weighted by Crippen LogP contribution is -2.37. The molecule has 5 nitrogen and oxygen atoms in total. The highest BCUT2D eigenvalue weighted by atomic mass is 32.2. The molecule has 1 atom stereocenters. The van der Waals surface area contributed by atoms with Crippen LogP contribution < -0.4 is 5.32 Å². The van der Waals surface area contributed by atoms with Crippen LogP contribution in [-0.2, 0) is 4.79 Å². The molecule has 0 aromatic rings. The fourth-order valence-electron chi connectivity index (χ4n) is 3.34. The molecule has 114 valence electrons. The van der Waals surface area contributed by atoms with Crippen LogP contribution in [0, 0.1) is 5.92 Å². The summed E-state index contributed by atoms with van der Waals surface area (Å²) in [5.74, 6) is 0.603. The summed E-state index contributed by atoms with van der Waals surface area (Å²) in [4.78, 5) is 31.5. The third kappa shape index (κ3) is 3.73. The molecule has 6 heteroatoms. The average Bonchev–Trinajstić information content (AvgIpc) is 2.94. The number of aliphatic imine (C=N–C) groups is 2. The van der Waals surface area contributed by atoms with Gasteiger partial charge >= 0.3 is 6.03 Å². The molecule has 1 N–H and O–H groups in total. The van der Waals surface area contributed by atoms with Crippen molar-refractivity contribution in [3.63, 3.8) is 0 Å². The molecular weight excluding hydrogens is 286 g/mol. The normalized spacial score (nSPS) is 26.1. The Kier molecular flexibility index (Phi) is 4.73. The molecule has 0 saturated heterocycles. The van der Waals surface area contributed by atoms with Crippen LogP contribution in [-0.4, -0.2) is 34.5 Å². The molecule has 3 aliphatic rings. The van der Waals surface area contributed by atoms with Crippen molar-refractivity contribution in [3.05, 3.63) is 0 Å². The van der Waals surface area contributed by atoms with Gasteiger partial charge in [-0.25, -0.2) is 9.79 Å². The van der Waals surface area contributed by atoms with Crippen molar-refractivity contribution in [1.82, 2.24) is 5.32 Å². The van der Waals surface area contributed by atoms with Crippen molar-refractivity contribution in [2.75, 3.05) is 5.75 Å². The zero-order chi connectivity index (χ0) is 14.7. The number of carbonyl (C=O) groups is 2. The van der Waals surface area contributed by atoms with Gasteiger partial charge in [0.25, 0.3) is 0 Å². The first-order chi connectivity index (χ1) is 10.2. The van der Waals surface area contributed by atoms with Crippen LogP contribution >= 0.6 is 11.8 Å². The molecule has 21 heavy (non-hydrogen) atoms. The minimum absolute atomic E-state index is 0.0594. The molecule has 0 aromatic heterocycles. The molecule has 0 bridgehead atoms. The van der Waals surface area contributed by atoms with Gasteiger partial charge in [-0.05, 0) is 32.1 Å². The van der Waals surface area contributed by atoms with E-state index in [1.165, 1.54) is 31.0 Å². The summed E-state index contributed by atoms with van der Waals surface area (Å²) in [6, 6.07) is -0.0660. The van der Waals surface area contributed by atoms with Crippen molar-refractivity contribution in [1.29, 1.82) is 0 Å². The van der Waals surface area contributed by atoms with E-state index in [4.69, 9.17) is 0 Å². The fourth-order valence-corrected chi connectivity index (χ4v) is 4.30. The zero-order valence-electron chi connectivity index (χ0n) is 12.1. The van der Waals surface area contributed by atoms with Crippen LogP contribution in [0.25, 0.3) is 0 Å². The van der Waals surface area contributed by atoms with E-state index in [9.17, 15) is 9.59 Å². The molecule has 2 fully saturated rings. The maximum atomic E-state index is 12.0. The lowest BCUT2D eigenvalue weighted by atomic mass is 9.95. The Hall–Kier alpha value is -1.17. The van der Waals surface area contributed by atoms with E-state index >= 15 is 0 Å². The summed E-state index contributed by atoms with van der Waals surface area (Å²) >= 11 is 1.41. The van der Waals surface area contributed by atoms with Crippen molar-refractivity contribution in [3.8, 4) is 0 Å². The Balaban J connectivity index is 1.50. The van der Waals surface area contributed by atoms with E-state index in [-0.39, 0.29) is 11.8 Å². The van der Waals surface area contributed by atoms with E-state index in [1.807, 2.05) is 0 Å². The Morgan fingerprint density at radius 2 is 1.95 bits per heavy atom. The van der Waals surface area contributed by atoms with Crippen LogP contribution in [0.1, 0.15) is 51.4 Å². The molecular formula is C15H21N3O2S. The fraction of sp³-hybridized carbons (Fsp3) is 0.733. The summed E-state index contributed by atoms with van der Waals surface area (Å²) in [6.07, 6.45) is 8.84. The standard InChI is InChI=1S/C15H21N3O2S/c19-13(16-10-5-2-1-3-6-10)9-21-14-11-7-4-8-12(11)17-15(20)18-14/h10-11H,1-9H2,(H,16,19). The largest absolute Gasteiger partial charge is 0.367 e. The monoisotopic (exact) mass is 307 g/mol. The molecule has 0 aromatic carbocycles. The molecule has 2 saturated carbocycles. The van der Waals surface area contributed by atoms with Crippen molar-refractivity contribution >= 4 is 34.5 Å². The Bertz CT molecular complexity index is 495. The van der Waals surface area contributed by atoms with Gasteiger partial charge < -0.3 is 5.32 Å².